The average molecular weight is 314 g/mol. The molecule has 1 atom stereocenters. The van der Waals surface area contributed by atoms with Crippen LogP contribution in [0.1, 0.15) is 22.2 Å². The largest absolute Gasteiger partial charge is 0.497 e. The quantitative estimate of drug-likeness (QED) is 0.918. The first kappa shape index (κ1) is 15.2. The summed E-state index contributed by atoms with van der Waals surface area (Å²) in [4.78, 5) is 22.7. The summed E-state index contributed by atoms with van der Waals surface area (Å²) in [5.41, 5.74) is 6.99. The number of rotatable bonds is 3. The minimum Gasteiger partial charge on any atom is -0.497 e. The Morgan fingerprint density at radius 3 is 3.00 bits per heavy atom. The van der Waals surface area contributed by atoms with Crippen LogP contribution >= 0.6 is 0 Å². The van der Waals surface area contributed by atoms with Gasteiger partial charge in [-0.05, 0) is 18.2 Å². The van der Waals surface area contributed by atoms with Gasteiger partial charge in [-0.15, -0.1) is 0 Å². The number of benzene rings is 1. The summed E-state index contributed by atoms with van der Waals surface area (Å²) in [6.45, 7) is 1.34. The molecule has 1 aliphatic rings. The van der Waals surface area contributed by atoms with E-state index in [-0.39, 0.29) is 12.0 Å². The van der Waals surface area contributed by atoms with E-state index in [0.29, 0.717) is 42.5 Å². The van der Waals surface area contributed by atoms with Crippen molar-refractivity contribution in [2.45, 2.75) is 6.10 Å². The zero-order valence-electron chi connectivity index (χ0n) is 12.8. The second kappa shape index (κ2) is 6.62. The lowest BCUT2D eigenvalue weighted by Gasteiger charge is -2.33. The second-order valence-corrected chi connectivity index (χ2v) is 5.17. The van der Waals surface area contributed by atoms with Crippen LogP contribution in [0, 0.1) is 0 Å². The van der Waals surface area contributed by atoms with Gasteiger partial charge in [0, 0.05) is 24.5 Å². The normalized spacial score (nSPS) is 17.8. The zero-order valence-corrected chi connectivity index (χ0v) is 12.8. The summed E-state index contributed by atoms with van der Waals surface area (Å²) in [6.07, 6.45) is 2.73. The van der Waals surface area contributed by atoms with E-state index in [1.165, 1.54) is 6.20 Å². The Kier molecular flexibility index (Phi) is 4.38. The number of ether oxygens (including phenoxy) is 2. The maximum Gasteiger partial charge on any atom is 0.254 e. The number of nitrogens with two attached hydrogens (primary N) is 1. The van der Waals surface area contributed by atoms with Gasteiger partial charge in [-0.25, -0.2) is 4.98 Å². The van der Waals surface area contributed by atoms with Crippen LogP contribution in [-0.2, 0) is 4.74 Å². The van der Waals surface area contributed by atoms with E-state index >= 15 is 0 Å². The molecule has 120 valence electrons. The topological polar surface area (TPSA) is 90.6 Å². The van der Waals surface area contributed by atoms with Crippen LogP contribution in [0.25, 0.3) is 0 Å². The molecule has 1 fully saturated rings. The number of hydrogen-bond donors (Lipinski definition) is 1. The molecule has 0 spiro atoms. The van der Waals surface area contributed by atoms with Crippen molar-refractivity contribution in [1.82, 2.24) is 14.9 Å². The van der Waals surface area contributed by atoms with E-state index < -0.39 is 0 Å². The van der Waals surface area contributed by atoms with Crippen molar-refractivity contribution in [3.8, 4) is 5.75 Å². The van der Waals surface area contributed by atoms with Crippen LogP contribution in [0.15, 0.2) is 36.7 Å². The van der Waals surface area contributed by atoms with E-state index in [9.17, 15) is 4.79 Å². The number of nitrogens with zero attached hydrogens (tertiary/aromatic N) is 3. The number of methoxy groups -OCH3 is 1. The molecule has 23 heavy (non-hydrogen) atoms. The third-order valence-electron chi connectivity index (χ3n) is 3.73. The van der Waals surface area contributed by atoms with Crippen molar-refractivity contribution in [2.24, 2.45) is 0 Å². The molecule has 3 rings (SSSR count). The molecular formula is C16H18N4O3. The summed E-state index contributed by atoms with van der Waals surface area (Å²) in [6, 6.07) is 7.10. The highest BCUT2D eigenvalue weighted by atomic mass is 16.5. The first-order valence-electron chi connectivity index (χ1n) is 7.30. The smallest absolute Gasteiger partial charge is 0.254 e. The van der Waals surface area contributed by atoms with E-state index in [2.05, 4.69) is 9.97 Å². The molecule has 7 heteroatoms. The molecule has 2 heterocycles. The molecule has 1 aromatic heterocycles. The summed E-state index contributed by atoms with van der Waals surface area (Å²) in [5, 5.41) is 0. The Balaban J connectivity index is 1.78. The lowest BCUT2D eigenvalue weighted by molar-refractivity contribution is -0.0245. The second-order valence-electron chi connectivity index (χ2n) is 5.17. The monoisotopic (exact) mass is 314 g/mol. The summed E-state index contributed by atoms with van der Waals surface area (Å²) >= 11 is 0. The number of morpholine rings is 1. The fraction of sp³-hybridized carbons (Fsp3) is 0.312. The van der Waals surface area contributed by atoms with Crippen molar-refractivity contribution in [2.75, 3.05) is 32.5 Å². The first-order valence-corrected chi connectivity index (χ1v) is 7.30. The van der Waals surface area contributed by atoms with Gasteiger partial charge < -0.3 is 20.1 Å². The molecule has 0 aliphatic carbocycles. The molecule has 7 nitrogen and oxygen atoms in total. The first-order chi connectivity index (χ1) is 11.2. The van der Waals surface area contributed by atoms with Gasteiger partial charge in [0.2, 0.25) is 0 Å². The molecule has 1 aliphatic heterocycles. The van der Waals surface area contributed by atoms with Crippen molar-refractivity contribution < 1.29 is 14.3 Å². The van der Waals surface area contributed by atoms with Crippen LogP contribution in [0.2, 0.25) is 0 Å². The van der Waals surface area contributed by atoms with Gasteiger partial charge in [-0.1, -0.05) is 6.07 Å². The predicted molar refractivity (Wildman–Crippen MR) is 84.0 cm³/mol. The maximum atomic E-state index is 12.7. The molecule has 1 amide bonds. The lowest BCUT2D eigenvalue weighted by Crippen LogP contribution is -2.42. The van der Waals surface area contributed by atoms with E-state index in [1.807, 2.05) is 0 Å². The zero-order chi connectivity index (χ0) is 16.2. The Morgan fingerprint density at radius 2 is 2.22 bits per heavy atom. The van der Waals surface area contributed by atoms with Gasteiger partial charge in [-0.2, -0.15) is 0 Å². The molecule has 1 aromatic carbocycles. The number of anilines is 1. The van der Waals surface area contributed by atoms with Crippen molar-refractivity contribution in [1.29, 1.82) is 0 Å². The molecule has 2 N–H and O–H groups in total. The Morgan fingerprint density at radius 1 is 1.39 bits per heavy atom. The molecule has 1 unspecified atom stereocenters. The third-order valence-corrected chi connectivity index (χ3v) is 3.73. The molecule has 2 aromatic rings. The number of nitrogen functional groups attached to an aromatic ring is 1. The van der Waals surface area contributed by atoms with Gasteiger partial charge >= 0.3 is 0 Å². The molecule has 0 saturated carbocycles. The fourth-order valence-electron chi connectivity index (χ4n) is 2.55. The van der Waals surface area contributed by atoms with Crippen LogP contribution in [0.3, 0.4) is 0 Å². The number of aromatic nitrogens is 2. The highest BCUT2D eigenvalue weighted by Gasteiger charge is 2.28. The van der Waals surface area contributed by atoms with Gasteiger partial charge in [0.1, 0.15) is 23.4 Å². The minimum absolute atomic E-state index is 0.0698. The highest BCUT2D eigenvalue weighted by Crippen LogP contribution is 2.25. The summed E-state index contributed by atoms with van der Waals surface area (Å²) in [7, 11) is 1.57. The Labute approximate surface area is 134 Å². The third kappa shape index (κ3) is 3.24. The van der Waals surface area contributed by atoms with Gasteiger partial charge in [-0.3, -0.25) is 9.78 Å². The van der Waals surface area contributed by atoms with Crippen LogP contribution in [0.4, 0.5) is 5.82 Å². The van der Waals surface area contributed by atoms with Gasteiger partial charge in [0.05, 0.1) is 20.3 Å². The lowest BCUT2D eigenvalue weighted by atomic mass is 10.1. The number of hydrogen-bond acceptors (Lipinski definition) is 6. The Hall–Kier alpha value is -2.67. The average Bonchev–Trinajstić information content (AvgIpc) is 2.61. The molecule has 0 bridgehead atoms. The maximum absolute atomic E-state index is 12.7. The van der Waals surface area contributed by atoms with Crippen molar-refractivity contribution in [3.05, 3.63) is 47.9 Å². The fourth-order valence-corrected chi connectivity index (χ4v) is 2.55. The van der Waals surface area contributed by atoms with E-state index in [1.54, 1.807) is 42.5 Å². The van der Waals surface area contributed by atoms with E-state index in [4.69, 9.17) is 15.2 Å². The van der Waals surface area contributed by atoms with Crippen molar-refractivity contribution >= 4 is 11.7 Å². The summed E-state index contributed by atoms with van der Waals surface area (Å²) < 4.78 is 10.9. The van der Waals surface area contributed by atoms with E-state index in [0.717, 1.165) is 0 Å². The molecule has 1 saturated heterocycles. The standard InChI is InChI=1S/C16H18N4O3/c1-22-12-4-2-3-11(9-12)16(21)20-7-8-23-13(10-20)14-15(17)19-6-5-18-14/h2-6,9,13H,7-8,10H2,1H3,(H2,17,19). The SMILES string of the molecule is COc1cccc(C(=O)N2CCOC(c3nccnc3N)C2)c1. The predicted octanol–water partition coefficient (Wildman–Crippen LogP) is 1.28. The van der Waals surface area contributed by atoms with Crippen LogP contribution in [0.5, 0.6) is 5.75 Å². The number of carbonyl (C=O) groups is 1. The Bertz CT molecular complexity index is 707. The number of amides is 1. The molecular weight excluding hydrogens is 296 g/mol. The highest BCUT2D eigenvalue weighted by molar-refractivity contribution is 5.94. The molecule has 0 radical (unpaired) electrons. The van der Waals surface area contributed by atoms with Crippen molar-refractivity contribution in [3.63, 3.8) is 0 Å². The van der Waals surface area contributed by atoms with Gasteiger partial charge in [0.15, 0.2) is 0 Å². The number of carbonyl (C=O) groups excluding carboxylic acids is 1. The minimum atomic E-state index is -0.369. The summed E-state index contributed by atoms with van der Waals surface area (Å²) in [5.74, 6) is 0.909. The van der Waals surface area contributed by atoms with Crippen LogP contribution in [-0.4, -0.2) is 47.6 Å². The van der Waals surface area contributed by atoms with Gasteiger partial charge in [0.25, 0.3) is 5.91 Å². The van der Waals surface area contributed by atoms with Crippen LogP contribution < -0.4 is 10.5 Å².